The van der Waals surface area contributed by atoms with Gasteiger partial charge in [-0.3, -0.25) is 0 Å². The van der Waals surface area contributed by atoms with E-state index in [1.54, 1.807) is 0 Å². The minimum atomic E-state index is 0.536. The Labute approximate surface area is 111 Å². The summed E-state index contributed by atoms with van der Waals surface area (Å²) in [6.45, 7) is 3.40. The second-order valence-electron chi connectivity index (χ2n) is 5.12. The van der Waals surface area contributed by atoms with Gasteiger partial charge in [-0.1, -0.05) is 0 Å². The molecule has 1 saturated heterocycles. The highest BCUT2D eigenvalue weighted by Gasteiger charge is 2.20. The Morgan fingerprint density at radius 2 is 1.84 bits per heavy atom. The number of nitrogens with zero attached hydrogens (tertiary/aromatic N) is 2. The van der Waals surface area contributed by atoms with Crippen LogP contribution in [0.3, 0.4) is 0 Å². The van der Waals surface area contributed by atoms with Crippen LogP contribution in [0.25, 0.3) is 11.0 Å². The summed E-state index contributed by atoms with van der Waals surface area (Å²) in [5, 5.41) is 3.40. The second-order valence-corrected chi connectivity index (χ2v) is 5.12. The van der Waals surface area contributed by atoms with E-state index in [4.69, 9.17) is 9.47 Å². The van der Waals surface area contributed by atoms with Gasteiger partial charge in [0.25, 0.3) is 0 Å². The van der Waals surface area contributed by atoms with E-state index in [2.05, 4.69) is 20.9 Å². The molecule has 1 aromatic carbocycles. The molecule has 2 aromatic rings. The van der Waals surface area contributed by atoms with Gasteiger partial charge in [0.05, 0.1) is 17.4 Å². The summed E-state index contributed by atoms with van der Waals surface area (Å²) >= 11 is 0. The number of hydrogen-bond donors (Lipinski definition) is 1. The van der Waals surface area contributed by atoms with Crippen molar-refractivity contribution in [2.75, 3.05) is 26.3 Å². The minimum absolute atomic E-state index is 0.536. The van der Waals surface area contributed by atoms with Crippen molar-refractivity contribution in [3.63, 3.8) is 0 Å². The first kappa shape index (κ1) is 11.1. The van der Waals surface area contributed by atoms with Crippen LogP contribution in [0.4, 0.5) is 0 Å². The van der Waals surface area contributed by atoms with Crippen molar-refractivity contribution >= 4 is 11.0 Å². The SMILES string of the molecule is c1c2c(cc3c1ncn3C1CCNCC1)OCCO2. The van der Waals surface area contributed by atoms with Crippen molar-refractivity contribution in [1.82, 2.24) is 14.9 Å². The Kier molecular flexibility index (Phi) is 2.58. The molecule has 0 amide bonds. The normalized spacial score (nSPS) is 19.8. The molecule has 5 heteroatoms. The predicted octanol–water partition coefficient (Wildman–Crippen LogP) is 1.73. The van der Waals surface area contributed by atoms with Crippen LogP contribution in [0.5, 0.6) is 11.5 Å². The summed E-state index contributed by atoms with van der Waals surface area (Å²) in [6, 6.07) is 4.59. The predicted molar refractivity (Wildman–Crippen MR) is 71.9 cm³/mol. The number of benzene rings is 1. The summed E-state index contributed by atoms with van der Waals surface area (Å²) in [4.78, 5) is 4.51. The standard InChI is InChI=1S/C14H17N3O2/c1-3-15-4-2-10(1)17-9-16-11-7-13-14(8-12(11)17)19-6-5-18-13/h7-10,15H,1-6H2. The van der Waals surface area contributed by atoms with E-state index in [0.717, 1.165) is 48.5 Å². The Bertz CT molecular complexity index is 602. The molecule has 2 aliphatic rings. The van der Waals surface area contributed by atoms with Gasteiger partial charge >= 0.3 is 0 Å². The lowest BCUT2D eigenvalue weighted by Crippen LogP contribution is -2.29. The van der Waals surface area contributed by atoms with Gasteiger partial charge in [0.2, 0.25) is 0 Å². The van der Waals surface area contributed by atoms with Crippen molar-refractivity contribution in [2.24, 2.45) is 0 Å². The Balaban J connectivity index is 1.79. The third kappa shape index (κ3) is 1.85. The molecule has 4 rings (SSSR count). The van der Waals surface area contributed by atoms with Gasteiger partial charge in [-0.15, -0.1) is 0 Å². The molecule has 0 spiro atoms. The summed E-state index contributed by atoms with van der Waals surface area (Å²) in [5.41, 5.74) is 2.14. The summed E-state index contributed by atoms with van der Waals surface area (Å²) in [5.74, 6) is 1.66. The van der Waals surface area contributed by atoms with Crippen LogP contribution in [0.1, 0.15) is 18.9 Å². The highest BCUT2D eigenvalue weighted by Crippen LogP contribution is 2.35. The van der Waals surface area contributed by atoms with Crippen molar-refractivity contribution in [3.05, 3.63) is 18.5 Å². The van der Waals surface area contributed by atoms with E-state index in [9.17, 15) is 0 Å². The van der Waals surface area contributed by atoms with Gasteiger partial charge in [0, 0.05) is 18.2 Å². The molecule has 0 aliphatic carbocycles. The van der Waals surface area contributed by atoms with Gasteiger partial charge in [-0.2, -0.15) is 0 Å². The van der Waals surface area contributed by atoms with E-state index in [1.165, 1.54) is 0 Å². The van der Waals surface area contributed by atoms with Crippen LogP contribution < -0.4 is 14.8 Å². The molecule has 0 bridgehead atoms. The fourth-order valence-electron chi connectivity index (χ4n) is 2.94. The molecular formula is C14H17N3O2. The number of aromatic nitrogens is 2. The maximum Gasteiger partial charge on any atom is 0.163 e. The Hall–Kier alpha value is -1.75. The van der Waals surface area contributed by atoms with Crippen molar-refractivity contribution < 1.29 is 9.47 Å². The van der Waals surface area contributed by atoms with Gasteiger partial charge < -0.3 is 19.4 Å². The maximum atomic E-state index is 5.66. The largest absolute Gasteiger partial charge is 0.486 e. The number of ether oxygens (including phenoxy) is 2. The van der Waals surface area contributed by atoms with Crippen molar-refractivity contribution in [2.45, 2.75) is 18.9 Å². The Morgan fingerprint density at radius 3 is 2.63 bits per heavy atom. The average Bonchev–Trinajstić information content (AvgIpc) is 2.88. The highest BCUT2D eigenvalue weighted by atomic mass is 16.6. The average molecular weight is 259 g/mol. The first-order valence-electron chi connectivity index (χ1n) is 6.89. The molecule has 19 heavy (non-hydrogen) atoms. The lowest BCUT2D eigenvalue weighted by Gasteiger charge is -2.25. The molecular weight excluding hydrogens is 242 g/mol. The second kappa shape index (κ2) is 4.42. The fraction of sp³-hybridized carbons (Fsp3) is 0.500. The third-order valence-electron chi connectivity index (χ3n) is 3.94. The van der Waals surface area contributed by atoms with Gasteiger partial charge in [-0.25, -0.2) is 4.98 Å². The van der Waals surface area contributed by atoms with Gasteiger partial charge in [0.1, 0.15) is 13.2 Å². The van der Waals surface area contributed by atoms with Crippen molar-refractivity contribution in [3.8, 4) is 11.5 Å². The van der Waals surface area contributed by atoms with Crippen LogP contribution in [-0.4, -0.2) is 35.9 Å². The first-order chi connectivity index (χ1) is 9.42. The van der Waals surface area contributed by atoms with E-state index >= 15 is 0 Å². The van der Waals surface area contributed by atoms with Crippen LogP contribution in [0.2, 0.25) is 0 Å². The number of piperidine rings is 1. The number of imidazole rings is 1. The van der Waals surface area contributed by atoms with Crippen LogP contribution >= 0.6 is 0 Å². The van der Waals surface area contributed by atoms with Gasteiger partial charge in [-0.05, 0) is 25.9 Å². The highest BCUT2D eigenvalue weighted by molar-refractivity contribution is 5.80. The van der Waals surface area contributed by atoms with Gasteiger partial charge in [0.15, 0.2) is 11.5 Å². The minimum Gasteiger partial charge on any atom is -0.486 e. The zero-order valence-electron chi connectivity index (χ0n) is 10.8. The molecule has 1 aromatic heterocycles. The maximum absolute atomic E-state index is 5.66. The number of rotatable bonds is 1. The molecule has 0 atom stereocenters. The number of fused-ring (bicyclic) bond motifs is 2. The topological polar surface area (TPSA) is 48.3 Å². The molecule has 100 valence electrons. The lowest BCUT2D eigenvalue weighted by atomic mass is 10.1. The molecule has 1 N–H and O–H groups in total. The molecule has 1 fully saturated rings. The number of hydrogen-bond acceptors (Lipinski definition) is 4. The van der Waals surface area contributed by atoms with E-state index in [0.29, 0.717) is 19.3 Å². The molecule has 0 saturated carbocycles. The summed E-state index contributed by atoms with van der Waals surface area (Å²) in [7, 11) is 0. The first-order valence-corrected chi connectivity index (χ1v) is 6.89. The fourth-order valence-corrected chi connectivity index (χ4v) is 2.94. The van der Waals surface area contributed by atoms with E-state index < -0.39 is 0 Å². The third-order valence-corrected chi connectivity index (χ3v) is 3.94. The zero-order valence-corrected chi connectivity index (χ0v) is 10.8. The van der Waals surface area contributed by atoms with Crippen LogP contribution in [0.15, 0.2) is 18.5 Å². The lowest BCUT2D eigenvalue weighted by molar-refractivity contribution is 0.172. The van der Waals surface area contributed by atoms with E-state index in [1.807, 2.05) is 12.4 Å². The molecule has 3 heterocycles. The monoisotopic (exact) mass is 259 g/mol. The van der Waals surface area contributed by atoms with Crippen LogP contribution in [0, 0.1) is 0 Å². The zero-order chi connectivity index (χ0) is 12.7. The number of nitrogens with one attached hydrogen (secondary N) is 1. The molecule has 2 aliphatic heterocycles. The molecule has 5 nitrogen and oxygen atoms in total. The quantitative estimate of drug-likeness (QED) is 0.847. The van der Waals surface area contributed by atoms with Crippen LogP contribution in [-0.2, 0) is 0 Å². The van der Waals surface area contributed by atoms with E-state index in [-0.39, 0.29) is 0 Å². The summed E-state index contributed by atoms with van der Waals surface area (Å²) in [6.07, 6.45) is 4.26. The Morgan fingerprint density at radius 1 is 1.11 bits per heavy atom. The molecule has 0 radical (unpaired) electrons. The molecule has 0 unspecified atom stereocenters. The smallest absolute Gasteiger partial charge is 0.163 e. The summed E-state index contributed by atoms with van der Waals surface area (Å²) < 4.78 is 13.6. The van der Waals surface area contributed by atoms with Crippen molar-refractivity contribution in [1.29, 1.82) is 0 Å².